The molecule has 1 saturated heterocycles. The lowest BCUT2D eigenvalue weighted by Crippen LogP contribution is -2.32. The van der Waals surface area contributed by atoms with Crippen molar-refractivity contribution in [1.82, 2.24) is 4.98 Å². The molecule has 226 valence electrons. The summed E-state index contributed by atoms with van der Waals surface area (Å²) in [5.41, 5.74) is -0.250. The molecule has 3 atom stereocenters. The number of aromatic nitrogens is 1. The molecule has 3 aromatic carbocycles. The maximum absolute atomic E-state index is 13.9. The van der Waals surface area contributed by atoms with Gasteiger partial charge >= 0.3 is 11.0 Å². The Morgan fingerprint density at radius 1 is 0.977 bits per heavy atom. The molecule has 8 nitrogen and oxygen atoms in total. The number of fused-ring (bicyclic) bond motifs is 2. The number of hydrogen-bond donors (Lipinski definition) is 2. The third-order valence-electron chi connectivity index (χ3n) is 7.05. The van der Waals surface area contributed by atoms with Crippen LogP contribution in [-0.4, -0.2) is 34.6 Å². The second-order valence-electron chi connectivity index (χ2n) is 9.85. The molecule has 15 heteroatoms. The van der Waals surface area contributed by atoms with Crippen molar-refractivity contribution in [2.75, 3.05) is 16.8 Å². The second-order valence-corrected chi connectivity index (χ2v) is 12.8. The number of thioether (sulfide) groups is 1. The van der Waals surface area contributed by atoms with Gasteiger partial charge in [0.05, 0.1) is 32.2 Å². The zero-order valence-corrected chi connectivity index (χ0v) is 25.1. The Bertz CT molecular complexity index is 1880. The monoisotopic (exact) mass is 679 g/mol. The molecule has 2 aliphatic rings. The van der Waals surface area contributed by atoms with E-state index in [2.05, 4.69) is 10.3 Å². The van der Waals surface area contributed by atoms with E-state index in [4.69, 9.17) is 27.9 Å². The molecular weight excluding hydrogens is 662 g/mol. The quantitative estimate of drug-likeness (QED) is 0.223. The molecule has 4 aromatic rings. The van der Waals surface area contributed by atoms with Gasteiger partial charge in [0.1, 0.15) is 11.0 Å². The van der Waals surface area contributed by atoms with Crippen molar-refractivity contribution >= 4 is 75.4 Å². The van der Waals surface area contributed by atoms with E-state index in [-0.39, 0.29) is 27.9 Å². The number of nitrogens with zero attached hydrogens (tertiary/aromatic N) is 1. The van der Waals surface area contributed by atoms with Gasteiger partial charge in [-0.1, -0.05) is 64.5 Å². The number of carbonyl (C=O) groups is 3. The smallest absolute Gasteiger partial charge is 0.416 e. The van der Waals surface area contributed by atoms with Crippen molar-refractivity contribution in [3.8, 4) is 5.75 Å². The van der Waals surface area contributed by atoms with E-state index in [1.165, 1.54) is 18.2 Å². The molecule has 0 aliphatic carbocycles. The Kier molecular flexibility index (Phi) is 7.99. The molecule has 2 aliphatic heterocycles. The Morgan fingerprint density at radius 3 is 2.50 bits per heavy atom. The molecule has 44 heavy (non-hydrogen) atoms. The average molecular weight is 681 g/mol. The number of aromatic amines is 1. The third-order valence-corrected chi connectivity index (χ3v) is 10.2. The van der Waals surface area contributed by atoms with Crippen LogP contribution in [0.2, 0.25) is 10.0 Å². The zero-order chi connectivity index (χ0) is 31.3. The van der Waals surface area contributed by atoms with E-state index >= 15 is 0 Å². The molecule has 1 fully saturated rings. The summed E-state index contributed by atoms with van der Waals surface area (Å²) in [6, 6.07) is 15.2. The lowest BCUT2D eigenvalue weighted by atomic mass is 9.83. The molecule has 3 amide bonds. The predicted molar refractivity (Wildman–Crippen MR) is 161 cm³/mol. The van der Waals surface area contributed by atoms with Gasteiger partial charge in [0, 0.05) is 16.5 Å². The number of halogens is 5. The van der Waals surface area contributed by atoms with Crippen LogP contribution in [0.5, 0.6) is 5.75 Å². The number of imide groups is 1. The second kappa shape index (κ2) is 11.6. The van der Waals surface area contributed by atoms with Crippen molar-refractivity contribution in [3.63, 3.8) is 0 Å². The number of H-pyrrole nitrogens is 1. The van der Waals surface area contributed by atoms with Gasteiger partial charge in [-0.2, -0.15) is 13.2 Å². The first-order valence-corrected chi connectivity index (χ1v) is 15.3. The highest BCUT2D eigenvalue weighted by molar-refractivity contribution is 8.00. The highest BCUT2D eigenvalue weighted by Gasteiger charge is 2.56. The number of carbonyl (C=O) groups excluding carboxylic acids is 3. The van der Waals surface area contributed by atoms with Crippen LogP contribution in [0, 0.1) is 5.92 Å². The molecule has 0 bridgehead atoms. The van der Waals surface area contributed by atoms with Gasteiger partial charge < -0.3 is 15.0 Å². The van der Waals surface area contributed by atoms with Gasteiger partial charge in [0.2, 0.25) is 11.8 Å². The number of thiazole rings is 1. The fourth-order valence-corrected chi connectivity index (χ4v) is 7.98. The number of amides is 3. The minimum atomic E-state index is -4.67. The molecule has 3 heterocycles. The largest absolute Gasteiger partial charge is 0.484 e. The van der Waals surface area contributed by atoms with Crippen molar-refractivity contribution in [1.29, 1.82) is 0 Å². The van der Waals surface area contributed by atoms with Crippen LogP contribution in [0.4, 0.5) is 24.5 Å². The van der Waals surface area contributed by atoms with Gasteiger partial charge in [0.15, 0.2) is 6.61 Å². The van der Waals surface area contributed by atoms with E-state index in [1.54, 1.807) is 30.3 Å². The molecule has 2 unspecified atom stereocenters. The Hall–Kier alpha value is -3.78. The van der Waals surface area contributed by atoms with Crippen LogP contribution in [0.25, 0.3) is 0 Å². The molecule has 1 aromatic heterocycles. The summed E-state index contributed by atoms with van der Waals surface area (Å²) in [7, 11) is 0. The van der Waals surface area contributed by atoms with Crippen molar-refractivity contribution < 1.29 is 32.3 Å². The number of rotatable bonds is 6. The Labute approximate surface area is 265 Å². The topological polar surface area (TPSA) is 109 Å². The number of anilines is 2. The van der Waals surface area contributed by atoms with Gasteiger partial charge in [-0.05, 0) is 54.1 Å². The van der Waals surface area contributed by atoms with Crippen LogP contribution in [0.1, 0.15) is 21.9 Å². The first-order valence-electron chi connectivity index (χ1n) is 12.8. The first-order chi connectivity index (χ1) is 20.9. The van der Waals surface area contributed by atoms with E-state index in [0.29, 0.717) is 26.2 Å². The molecule has 6 rings (SSSR count). The van der Waals surface area contributed by atoms with Crippen LogP contribution in [0.15, 0.2) is 76.6 Å². The minimum Gasteiger partial charge on any atom is -0.484 e. The number of benzene rings is 3. The van der Waals surface area contributed by atoms with Gasteiger partial charge in [0.25, 0.3) is 5.91 Å². The van der Waals surface area contributed by atoms with E-state index in [9.17, 15) is 32.3 Å². The summed E-state index contributed by atoms with van der Waals surface area (Å²) < 4.78 is 46.0. The molecule has 0 radical (unpaired) electrons. The molecule has 0 saturated carbocycles. The van der Waals surface area contributed by atoms with Crippen molar-refractivity contribution in [2.45, 2.75) is 22.4 Å². The summed E-state index contributed by atoms with van der Waals surface area (Å²) >= 11 is 13.8. The highest BCUT2D eigenvalue weighted by Crippen LogP contribution is 2.53. The summed E-state index contributed by atoms with van der Waals surface area (Å²) in [5.74, 6) is -3.39. The first kappa shape index (κ1) is 30.3. The van der Waals surface area contributed by atoms with Crippen molar-refractivity contribution in [2.24, 2.45) is 5.92 Å². The van der Waals surface area contributed by atoms with E-state index < -0.39 is 46.5 Å². The Morgan fingerprint density at radius 2 is 1.75 bits per heavy atom. The summed E-state index contributed by atoms with van der Waals surface area (Å²) in [6.45, 7) is -0.375. The minimum absolute atomic E-state index is 0.189. The SMILES string of the molecule is O=C(COc1cccc([C@H]2c3sc(=O)[nH]c3SC3C(=O)N(c4cccc(C(F)(F)F)c4)C(=O)C32)c1)Nc1ccc(Cl)c(Cl)c1. The highest BCUT2D eigenvalue weighted by atomic mass is 35.5. The normalized spacial score (nSPS) is 19.5. The standard InChI is InChI=1S/C29H18Cl2F3N3O5S2/c30-18-8-7-15(11-19(18)31)35-20(38)12-42-17-6-1-3-13(9-17)21-22-24(43-25-23(21)44-28(41)36-25)27(40)37(26(22)39)16-5-2-4-14(10-16)29(32,33)34/h1-11,21-22,24H,12H2,(H,35,38)(H,36,41)/t21-,22?,24?/m1/s1. The number of nitrogens with one attached hydrogen (secondary N) is 2. The average Bonchev–Trinajstić information content (AvgIpc) is 3.47. The lowest BCUT2D eigenvalue weighted by Gasteiger charge is -2.30. The summed E-state index contributed by atoms with van der Waals surface area (Å²) in [4.78, 5) is 55.9. The molecule has 0 spiro atoms. The van der Waals surface area contributed by atoms with Crippen LogP contribution in [0.3, 0.4) is 0 Å². The van der Waals surface area contributed by atoms with E-state index in [1.807, 2.05) is 0 Å². The van der Waals surface area contributed by atoms with Crippen LogP contribution >= 0.6 is 46.3 Å². The molecule has 2 N–H and O–H groups in total. The number of hydrogen-bond acceptors (Lipinski definition) is 7. The zero-order valence-electron chi connectivity index (χ0n) is 22.0. The van der Waals surface area contributed by atoms with Gasteiger partial charge in [-0.15, -0.1) is 0 Å². The number of ether oxygens (including phenoxy) is 1. The van der Waals surface area contributed by atoms with Crippen molar-refractivity contribution in [3.05, 3.63) is 102 Å². The van der Waals surface area contributed by atoms with Crippen LogP contribution < -0.4 is 19.8 Å². The molecular formula is C29H18Cl2F3N3O5S2. The third kappa shape index (κ3) is 5.72. The van der Waals surface area contributed by atoms with Gasteiger partial charge in [-0.3, -0.25) is 19.2 Å². The van der Waals surface area contributed by atoms with Crippen LogP contribution in [-0.2, 0) is 20.6 Å². The maximum atomic E-state index is 13.9. The predicted octanol–water partition coefficient (Wildman–Crippen LogP) is 6.58. The van der Waals surface area contributed by atoms with E-state index in [0.717, 1.165) is 46.2 Å². The van der Waals surface area contributed by atoms with Gasteiger partial charge in [-0.25, -0.2) is 4.90 Å². The fraction of sp³-hybridized carbons (Fsp3) is 0.172. The maximum Gasteiger partial charge on any atom is 0.416 e. The summed E-state index contributed by atoms with van der Waals surface area (Å²) in [5, 5.41) is 2.65. The Balaban J connectivity index is 1.29. The lowest BCUT2D eigenvalue weighted by molar-refractivity contribution is -0.137. The summed E-state index contributed by atoms with van der Waals surface area (Å²) in [6.07, 6.45) is -4.67. The fourth-order valence-electron chi connectivity index (χ4n) is 5.17. The number of alkyl halides is 3.